The molecule has 0 aliphatic carbocycles. The molecule has 2 rings (SSSR count). The molecule has 7 heteroatoms. The van der Waals surface area contributed by atoms with Gasteiger partial charge in [-0.25, -0.2) is 0 Å². The third-order valence-electron chi connectivity index (χ3n) is 3.03. The number of aliphatic imine (C=N–C) groups is 1. The summed E-state index contributed by atoms with van der Waals surface area (Å²) in [5.74, 6) is -0.314. The maximum Gasteiger partial charge on any atom is 0.240 e. The lowest BCUT2D eigenvalue weighted by molar-refractivity contribution is -0.125. The molecule has 0 spiro atoms. The summed E-state index contributed by atoms with van der Waals surface area (Å²) in [5.41, 5.74) is 1.03. The molecule has 6 nitrogen and oxygen atoms in total. The molecule has 0 bridgehead atoms. The zero-order chi connectivity index (χ0) is 15.8. The van der Waals surface area contributed by atoms with Gasteiger partial charge in [-0.05, 0) is 5.56 Å². The lowest BCUT2D eigenvalue weighted by atomic mass is 10.2. The minimum Gasteiger partial charge on any atom is -0.383 e. The van der Waals surface area contributed by atoms with Gasteiger partial charge in [0.25, 0.3) is 0 Å². The number of nitrogens with one attached hydrogen (secondary N) is 2. The zero-order valence-corrected chi connectivity index (χ0v) is 13.2. The average molecular weight is 321 g/mol. The molecule has 1 aliphatic rings. The van der Waals surface area contributed by atoms with Crippen LogP contribution in [0.3, 0.4) is 0 Å². The second-order valence-electron chi connectivity index (χ2n) is 4.74. The number of hydrogen-bond acceptors (Lipinski definition) is 5. The lowest BCUT2D eigenvalue weighted by Crippen LogP contribution is -2.31. The standard InChI is InChI=1S/C15H19N3O3S/c1-21-8-7-16-15-18-14(20)12(22-15)9-13(19)17-10-11-5-3-2-4-6-11/h2-6,12H,7-10H2,1H3,(H,17,19)(H,16,18,20). The van der Waals surface area contributed by atoms with Crippen molar-refractivity contribution in [3.05, 3.63) is 35.9 Å². The van der Waals surface area contributed by atoms with E-state index in [0.29, 0.717) is 24.9 Å². The van der Waals surface area contributed by atoms with Gasteiger partial charge in [-0.3, -0.25) is 14.6 Å². The maximum atomic E-state index is 11.9. The summed E-state index contributed by atoms with van der Waals surface area (Å²) < 4.78 is 4.90. The molecule has 1 aliphatic heterocycles. The van der Waals surface area contributed by atoms with Crippen molar-refractivity contribution in [2.45, 2.75) is 18.2 Å². The Hall–Kier alpha value is -1.86. The summed E-state index contributed by atoms with van der Waals surface area (Å²) in [6, 6.07) is 9.65. The highest BCUT2D eigenvalue weighted by atomic mass is 32.2. The van der Waals surface area contributed by atoms with E-state index < -0.39 is 5.25 Å². The van der Waals surface area contributed by atoms with Crippen molar-refractivity contribution < 1.29 is 14.3 Å². The minimum absolute atomic E-state index is 0.144. The zero-order valence-electron chi connectivity index (χ0n) is 12.4. The monoisotopic (exact) mass is 321 g/mol. The average Bonchev–Trinajstić information content (AvgIpc) is 2.86. The Morgan fingerprint density at radius 3 is 2.91 bits per heavy atom. The number of hydrogen-bond donors (Lipinski definition) is 2. The van der Waals surface area contributed by atoms with Gasteiger partial charge in [0.1, 0.15) is 5.25 Å². The summed E-state index contributed by atoms with van der Waals surface area (Å²) in [6.07, 6.45) is 0.145. The van der Waals surface area contributed by atoms with Crippen LogP contribution in [0.4, 0.5) is 0 Å². The molecule has 0 radical (unpaired) electrons. The van der Waals surface area contributed by atoms with Gasteiger partial charge in [0, 0.05) is 20.1 Å². The van der Waals surface area contributed by atoms with Crippen LogP contribution in [0.15, 0.2) is 35.3 Å². The highest BCUT2D eigenvalue weighted by Crippen LogP contribution is 2.22. The SMILES string of the molecule is COCCN=C1NC(=O)C(CC(=O)NCc2ccccc2)S1. The molecule has 2 N–H and O–H groups in total. The van der Waals surface area contributed by atoms with Crippen LogP contribution in [0.2, 0.25) is 0 Å². The summed E-state index contributed by atoms with van der Waals surface area (Å²) >= 11 is 1.29. The van der Waals surface area contributed by atoms with Crippen molar-refractivity contribution in [2.75, 3.05) is 20.3 Å². The van der Waals surface area contributed by atoms with Crippen molar-refractivity contribution in [2.24, 2.45) is 4.99 Å². The first-order valence-corrected chi connectivity index (χ1v) is 7.88. The summed E-state index contributed by atoms with van der Waals surface area (Å²) in [4.78, 5) is 27.9. The number of benzene rings is 1. The third kappa shape index (κ3) is 5.16. The van der Waals surface area contributed by atoms with Crippen LogP contribution in [0.1, 0.15) is 12.0 Å². The molecule has 0 saturated carbocycles. The van der Waals surface area contributed by atoms with Crippen molar-refractivity contribution in [1.29, 1.82) is 0 Å². The number of carbonyl (C=O) groups excluding carboxylic acids is 2. The van der Waals surface area contributed by atoms with E-state index >= 15 is 0 Å². The Morgan fingerprint density at radius 2 is 2.18 bits per heavy atom. The van der Waals surface area contributed by atoms with Gasteiger partial charge >= 0.3 is 0 Å². The molecule has 1 aromatic rings. The summed E-state index contributed by atoms with van der Waals surface area (Å²) in [5, 5.41) is 5.64. The Kier molecular flexibility index (Phi) is 6.42. The quantitative estimate of drug-likeness (QED) is 0.732. The van der Waals surface area contributed by atoms with Crippen molar-refractivity contribution in [3.8, 4) is 0 Å². The molecule has 1 heterocycles. The maximum absolute atomic E-state index is 11.9. The first-order valence-electron chi connectivity index (χ1n) is 7.00. The number of rotatable bonds is 7. The van der Waals surface area contributed by atoms with Gasteiger partial charge in [-0.2, -0.15) is 0 Å². The molecule has 1 unspecified atom stereocenters. The van der Waals surface area contributed by atoms with Crippen LogP contribution in [-0.4, -0.2) is 42.5 Å². The van der Waals surface area contributed by atoms with Gasteiger partial charge in [-0.15, -0.1) is 0 Å². The van der Waals surface area contributed by atoms with Gasteiger partial charge in [0.15, 0.2) is 5.17 Å². The van der Waals surface area contributed by atoms with E-state index in [-0.39, 0.29) is 18.2 Å². The number of methoxy groups -OCH3 is 1. The highest BCUT2D eigenvalue weighted by molar-refractivity contribution is 8.15. The lowest BCUT2D eigenvalue weighted by Gasteiger charge is -2.07. The van der Waals surface area contributed by atoms with Crippen molar-refractivity contribution >= 4 is 28.7 Å². The fraction of sp³-hybridized carbons (Fsp3) is 0.400. The molecule has 2 amide bonds. The second-order valence-corrected chi connectivity index (χ2v) is 5.93. The second kappa shape index (κ2) is 8.55. The molecule has 1 fully saturated rings. The van der Waals surface area contributed by atoms with Crippen LogP contribution in [0, 0.1) is 0 Å². The summed E-state index contributed by atoms with van der Waals surface area (Å²) in [6.45, 7) is 1.46. The minimum atomic E-state index is -0.419. The predicted octanol–water partition coefficient (Wildman–Crippen LogP) is 0.927. The van der Waals surface area contributed by atoms with E-state index in [1.165, 1.54) is 11.8 Å². The fourth-order valence-corrected chi connectivity index (χ4v) is 2.89. The van der Waals surface area contributed by atoms with E-state index in [2.05, 4.69) is 15.6 Å². The molecule has 118 valence electrons. The van der Waals surface area contributed by atoms with Gasteiger partial charge < -0.3 is 15.4 Å². The Balaban J connectivity index is 1.77. The topological polar surface area (TPSA) is 79.8 Å². The number of amidine groups is 1. The fourth-order valence-electron chi connectivity index (χ4n) is 1.89. The highest BCUT2D eigenvalue weighted by Gasteiger charge is 2.31. The van der Waals surface area contributed by atoms with Crippen LogP contribution >= 0.6 is 11.8 Å². The molecule has 1 aromatic carbocycles. The molecular weight excluding hydrogens is 302 g/mol. The number of carbonyl (C=O) groups is 2. The molecular formula is C15H19N3O3S. The molecule has 22 heavy (non-hydrogen) atoms. The molecule has 1 saturated heterocycles. The summed E-state index contributed by atoms with van der Waals surface area (Å²) in [7, 11) is 1.60. The van der Waals surface area contributed by atoms with Crippen LogP contribution < -0.4 is 10.6 Å². The largest absolute Gasteiger partial charge is 0.383 e. The smallest absolute Gasteiger partial charge is 0.240 e. The Bertz CT molecular complexity index is 548. The van der Waals surface area contributed by atoms with Crippen LogP contribution in [-0.2, 0) is 20.9 Å². The first-order chi connectivity index (χ1) is 10.7. The van der Waals surface area contributed by atoms with E-state index in [1.807, 2.05) is 30.3 Å². The number of ether oxygens (including phenoxy) is 1. The van der Waals surface area contributed by atoms with E-state index in [1.54, 1.807) is 7.11 Å². The van der Waals surface area contributed by atoms with Gasteiger partial charge in [0.05, 0.1) is 13.2 Å². The van der Waals surface area contributed by atoms with E-state index in [4.69, 9.17) is 4.74 Å². The van der Waals surface area contributed by atoms with Crippen LogP contribution in [0.25, 0.3) is 0 Å². The molecule has 1 atom stereocenters. The van der Waals surface area contributed by atoms with Crippen LogP contribution in [0.5, 0.6) is 0 Å². The van der Waals surface area contributed by atoms with Gasteiger partial charge in [0.2, 0.25) is 11.8 Å². The first kappa shape index (κ1) is 16.5. The molecule has 0 aromatic heterocycles. The normalized spacial score (nSPS) is 19.2. The number of thioether (sulfide) groups is 1. The Labute approximate surface area is 133 Å². The van der Waals surface area contributed by atoms with E-state index in [9.17, 15) is 9.59 Å². The van der Waals surface area contributed by atoms with E-state index in [0.717, 1.165) is 5.56 Å². The Morgan fingerprint density at radius 1 is 1.41 bits per heavy atom. The van der Waals surface area contributed by atoms with Crippen molar-refractivity contribution in [3.63, 3.8) is 0 Å². The number of amides is 2. The van der Waals surface area contributed by atoms with Gasteiger partial charge in [-0.1, -0.05) is 42.1 Å². The number of nitrogens with zero attached hydrogens (tertiary/aromatic N) is 1. The predicted molar refractivity (Wildman–Crippen MR) is 86.6 cm³/mol. The third-order valence-corrected chi connectivity index (χ3v) is 4.15. The van der Waals surface area contributed by atoms with Crippen molar-refractivity contribution in [1.82, 2.24) is 10.6 Å².